The Kier molecular flexibility index (Phi) is 4.77. The van der Waals surface area contributed by atoms with Gasteiger partial charge in [0.05, 0.1) is 0 Å². The number of aromatic nitrogens is 1. The Morgan fingerprint density at radius 3 is 2.79 bits per heavy atom. The smallest absolute Gasteiger partial charge is 0.269 e. The molecule has 0 radical (unpaired) electrons. The van der Waals surface area contributed by atoms with Gasteiger partial charge >= 0.3 is 0 Å². The second-order valence-corrected chi connectivity index (χ2v) is 5.52. The van der Waals surface area contributed by atoms with Crippen LogP contribution in [0.5, 0.6) is 0 Å². The lowest BCUT2D eigenvalue weighted by atomic mass is 9.83. The zero-order chi connectivity index (χ0) is 13.7. The molecule has 1 saturated carbocycles. The highest BCUT2D eigenvalue weighted by Gasteiger charge is 2.17. The van der Waals surface area contributed by atoms with Crippen molar-refractivity contribution in [2.24, 2.45) is 11.8 Å². The van der Waals surface area contributed by atoms with Crippen LogP contribution in [-0.4, -0.2) is 24.5 Å². The van der Waals surface area contributed by atoms with Gasteiger partial charge in [0.15, 0.2) is 0 Å². The highest BCUT2D eigenvalue weighted by Crippen LogP contribution is 2.28. The quantitative estimate of drug-likeness (QED) is 0.876. The largest absolute Gasteiger partial charge is 0.385 e. The molecule has 4 heteroatoms. The number of carbonyl (C=O) groups excluding carboxylic acids is 1. The summed E-state index contributed by atoms with van der Waals surface area (Å²) in [6, 6.07) is 3.72. The summed E-state index contributed by atoms with van der Waals surface area (Å²) in [5.41, 5.74) is 1.44. The molecule has 1 aliphatic carbocycles. The van der Waals surface area contributed by atoms with Crippen molar-refractivity contribution in [1.82, 2.24) is 10.3 Å². The summed E-state index contributed by atoms with van der Waals surface area (Å²) in [7, 11) is 1.62. The average molecular weight is 261 g/mol. The van der Waals surface area contributed by atoms with E-state index in [2.05, 4.69) is 22.5 Å². The van der Waals surface area contributed by atoms with E-state index >= 15 is 0 Å². The third kappa shape index (κ3) is 3.94. The minimum absolute atomic E-state index is 0.143. The standard InChI is InChI=1S/C15H23N3O/c1-11-3-5-12(6-4-11)10-18-13-7-8-17-14(9-13)15(19)16-2/h7-9,11-12H,3-6,10H2,1-2H3,(H,16,19)(H,17,18). The zero-order valence-corrected chi connectivity index (χ0v) is 11.8. The van der Waals surface area contributed by atoms with Crippen LogP contribution in [0.3, 0.4) is 0 Å². The summed E-state index contributed by atoms with van der Waals surface area (Å²) >= 11 is 0. The van der Waals surface area contributed by atoms with E-state index in [1.807, 2.05) is 12.1 Å². The topological polar surface area (TPSA) is 54.0 Å². The molecule has 0 unspecified atom stereocenters. The van der Waals surface area contributed by atoms with Crippen molar-refractivity contribution in [2.75, 3.05) is 18.9 Å². The van der Waals surface area contributed by atoms with Crippen LogP contribution in [0.15, 0.2) is 18.3 Å². The van der Waals surface area contributed by atoms with Gasteiger partial charge in [-0.15, -0.1) is 0 Å². The Bertz CT molecular complexity index is 425. The van der Waals surface area contributed by atoms with Crippen molar-refractivity contribution in [3.05, 3.63) is 24.0 Å². The number of anilines is 1. The van der Waals surface area contributed by atoms with Gasteiger partial charge in [0.2, 0.25) is 0 Å². The molecule has 1 aromatic heterocycles. The third-order valence-corrected chi connectivity index (χ3v) is 3.95. The fourth-order valence-electron chi connectivity index (χ4n) is 2.59. The van der Waals surface area contributed by atoms with Crippen LogP contribution in [0.2, 0.25) is 0 Å². The normalized spacial score (nSPS) is 22.8. The van der Waals surface area contributed by atoms with E-state index in [0.29, 0.717) is 5.69 Å². The summed E-state index contributed by atoms with van der Waals surface area (Å²) in [4.78, 5) is 15.6. The fraction of sp³-hybridized carbons (Fsp3) is 0.600. The van der Waals surface area contributed by atoms with E-state index in [1.165, 1.54) is 25.7 Å². The maximum Gasteiger partial charge on any atom is 0.269 e. The molecule has 1 fully saturated rings. The molecule has 1 aliphatic rings. The van der Waals surface area contributed by atoms with Crippen molar-refractivity contribution >= 4 is 11.6 Å². The minimum Gasteiger partial charge on any atom is -0.385 e. The number of pyridine rings is 1. The van der Waals surface area contributed by atoms with Crippen LogP contribution in [0, 0.1) is 11.8 Å². The molecule has 2 rings (SSSR count). The number of nitrogens with one attached hydrogen (secondary N) is 2. The fourth-order valence-corrected chi connectivity index (χ4v) is 2.59. The van der Waals surface area contributed by atoms with Crippen LogP contribution in [0.4, 0.5) is 5.69 Å². The van der Waals surface area contributed by atoms with Crippen LogP contribution in [0.1, 0.15) is 43.1 Å². The van der Waals surface area contributed by atoms with E-state index in [1.54, 1.807) is 13.2 Å². The van der Waals surface area contributed by atoms with Gasteiger partial charge < -0.3 is 10.6 Å². The molecule has 0 saturated heterocycles. The van der Waals surface area contributed by atoms with Crippen LogP contribution < -0.4 is 10.6 Å². The molecule has 2 N–H and O–H groups in total. The average Bonchev–Trinajstić information content (AvgIpc) is 2.46. The molecule has 4 nitrogen and oxygen atoms in total. The molecular weight excluding hydrogens is 238 g/mol. The molecule has 0 aromatic carbocycles. The van der Waals surface area contributed by atoms with E-state index in [9.17, 15) is 4.79 Å². The first-order chi connectivity index (χ1) is 9.19. The lowest BCUT2D eigenvalue weighted by Gasteiger charge is -2.26. The molecule has 19 heavy (non-hydrogen) atoms. The van der Waals surface area contributed by atoms with Crippen molar-refractivity contribution in [3.8, 4) is 0 Å². The minimum atomic E-state index is -0.143. The van der Waals surface area contributed by atoms with E-state index < -0.39 is 0 Å². The van der Waals surface area contributed by atoms with Crippen molar-refractivity contribution in [3.63, 3.8) is 0 Å². The Labute approximate surface area is 115 Å². The number of nitrogens with zero attached hydrogens (tertiary/aromatic N) is 1. The number of rotatable bonds is 4. The maximum atomic E-state index is 11.5. The van der Waals surface area contributed by atoms with Crippen molar-refractivity contribution in [1.29, 1.82) is 0 Å². The van der Waals surface area contributed by atoms with Gasteiger partial charge in [-0.25, -0.2) is 0 Å². The number of hydrogen-bond donors (Lipinski definition) is 2. The van der Waals surface area contributed by atoms with Crippen LogP contribution in [-0.2, 0) is 0 Å². The van der Waals surface area contributed by atoms with Crippen LogP contribution >= 0.6 is 0 Å². The number of amides is 1. The highest BCUT2D eigenvalue weighted by molar-refractivity contribution is 5.92. The molecule has 1 aromatic rings. The van der Waals surface area contributed by atoms with E-state index in [4.69, 9.17) is 0 Å². The maximum absolute atomic E-state index is 11.5. The van der Waals surface area contributed by atoms with Gasteiger partial charge in [0, 0.05) is 25.5 Å². The second kappa shape index (κ2) is 6.55. The highest BCUT2D eigenvalue weighted by atomic mass is 16.1. The summed E-state index contributed by atoms with van der Waals surface area (Å²) in [5.74, 6) is 1.50. The van der Waals surface area contributed by atoms with Gasteiger partial charge in [-0.3, -0.25) is 9.78 Å². The SMILES string of the molecule is CNC(=O)c1cc(NCC2CCC(C)CC2)ccn1. The summed E-state index contributed by atoms with van der Waals surface area (Å²) in [6.45, 7) is 3.33. The third-order valence-electron chi connectivity index (χ3n) is 3.95. The molecule has 0 spiro atoms. The summed E-state index contributed by atoms with van der Waals surface area (Å²) < 4.78 is 0. The van der Waals surface area contributed by atoms with Gasteiger partial charge in [-0.1, -0.05) is 19.8 Å². The van der Waals surface area contributed by atoms with Gasteiger partial charge in [-0.2, -0.15) is 0 Å². The Hall–Kier alpha value is -1.58. The van der Waals surface area contributed by atoms with Crippen molar-refractivity contribution < 1.29 is 4.79 Å². The lowest BCUT2D eigenvalue weighted by Crippen LogP contribution is -2.21. The number of hydrogen-bond acceptors (Lipinski definition) is 3. The van der Waals surface area contributed by atoms with Crippen LogP contribution in [0.25, 0.3) is 0 Å². The van der Waals surface area contributed by atoms with E-state index in [0.717, 1.165) is 24.1 Å². The molecule has 104 valence electrons. The Balaban J connectivity index is 1.87. The first-order valence-corrected chi connectivity index (χ1v) is 7.11. The summed E-state index contributed by atoms with van der Waals surface area (Å²) in [6.07, 6.45) is 6.97. The molecule has 1 amide bonds. The Morgan fingerprint density at radius 1 is 1.37 bits per heavy atom. The van der Waals surface area contributed by atoms with Gasteiger partial charge in [-0.05, 0) is 36.8 Å². The van der Waals surface area contributed by atoms with Gasteiger partial charge in [0.25, 0.3) is 5.91 Å². The lowest BCUT2D eigenvalue weighted by molar-refractivity contribution is 0.0958. The molecular formula is C15H23N3O. The number of carbonyl (C=O) groups is 1. The molecule has 1 heterocycles. The predicted octanol–water partition coefficient (Wildman–Crippen LogP) is 2.68. The zero-order valence-electron chi connectivity index (χ0n) is 11.8. The molecule has 0 bridgehead atoms. The van der Waals surface area contributed by atoms with Crippen molar-refractivity contribution in [2.45, 2.75) is 32.6 Å². The molecule has 0 atom stereocenters. The predicted molar refractivity (Wildman–Crippen MR) is 77.2 cm³/mol. The molecule has 0 aliphatic heterocycles. The first-order valence-electron chi connectivity index (χ1n) is 7.11. The Morgan fingerprint density at radius 2 is 2.11 bits per heavy atom. The van der Waals surface area contributed by atoms with Gasteiger partial charge in [0.1, 0.15) is 5.69 Å². The van der Waals surface area contributed by atoms with E-state index in [-0.39, 0.29) is 5.91 Å². The first kappa shape index (κ1) is 13.8. The monoisotopic (exact) mass is 261 g/mol. The summed E-state index contributed by atoms with van der Waals surface area (Å²) in [5, 5.41) is 6.02. The second-order valence-electron chi connectivity index (χ2n) is 5.52.